The monoisotopic (exact) mass is 415 g/mol. The van der Waals surface area contributed by atoms with Crippen LogP contribution < -0.4 is 10.1 Å². The lowest BCUT2D eigenvalue weighted by Gasteiger charge is -2.40. The Balaban J connectivity index is 1.42. The predicted octanol–water partition coefficient (Wildman–Crippen LogP) is 5.22. The summed E-state index contributed by atoms with van der Waals surface area (Å²) in [6.45, 7) is 3.70. The molecule has 1 aromatic rings. The van der Waals surface area contributed by atoms with Crippen molar-refractivity contribution in [2.24, 2.45) is 5.41 Å². The van der Waals surface area contributed by atoms with Crippen molar-refractivity contribution in [2.45, 2.75) is 76.2 Å². The minimum absolute atomic E-state index is 0.0945. The highest BCUT2D eigenvalue weighted by Crippen LogP contribution is 2.59. The van der Waals surface area contributed by atoms with Crippen molar-refractivity contribution in [3.63, 3.8) is 0 Å². The van der Waals surface area contributed by atoms with E-state index in [-0.39, 0.29) is 29.4 Å². The van der Waals surface area contributed by atoms with Gasteiger partial charge in [-0.15, -0.1) is 0 Å². The number of halogens is 1. The van der Waals surface area contributed by atoms with Crippen LogP contribution in [0.4, 0.5) is 4.39 Å². The smallest absolute Gasteiger partial charge is 0.226 e. The van der Waals surface area contributed by atoms with Crippen LogP contribution in [-0.4, -0.2) is 31.8 Å². The number of nitrogens with one attached hydrogen (secondary N) is 1. The van der Waals surface area contributed by atoms with Crippen LogP contribution in [0.15, 0.2) is 36.2 Å². The Morgan fingerprint density at radius 1 is 1.20 bits per heavy atom. The molecule has 1 aromatic carbocycles. The summed E-state index contributed by atoms with van der Waals surface area (Å²) in [6, 6.07) is 8.55. The molecule has 4 nitrogen and oxygen atoms in total. The molecule has 3 aliphatic rings. The van der Waals surface area contributed by atoms with E-state index in [1.165, 1.54) is 5.56 Å². The number of ether oxygens (including phenoxy) is 2. The fraction of sp³-hybridized carbons (Fsp3) is 0.640. The molecule has 2 atom stereocenters. The van der Waals surface area contributed by atoms with Crippen molar-refractivity contribution >= 4 is 5.91 Å². The molecular weight excluding hydrogens is 381 g/mol. The highest BCUT2D eigenvalue weighted by molar-refractivity contribution is 5.84. The van der Waals surface area contributed by atoms with E-state index in [9.17, 15) is 9.18 Å². The molecule has 1 saturated heterocycles. The number of benzene rings is 1. The van der Waals surface area contributed by atoms with E-state index in [4.69, 9.17) is 9.47 Å². The summed E-state index contributed by atoms with van der Waals surface area (Å²) >= 11 is 0. The summed E-state index contributed by atoms with van der Waals surface area (Å²) in [7, 11) is 0. The van der Waals surface area contributed by atoms with Crippen LogP contribution in [-0.2, 0) is 14.9 Å². The molecule has 2 bridgehead atoms. The van der Waals surface area contributed by atoms with Crippen molar-refractivity contribution in [1.29, 1.82) is 0 Å². The molecular formula is C25H34FNO3. The van der Waals surface area contributed by atoms with E-state index >= 15 is 0 Å². The van der Waals surface area contributed by atoms with Gasteiger partial charge in [0.15, 0.2) is 0 Å². The van der Waals surface area contributed by atoms with Gasteiger partial charge >= 0.3 is 0 Å². The van der Waals surface area contributed by atoms with Crippen LogP contribution in [0.5, 0.6) is 5.75 Å². The van der Waals surface area contributed by atoms with Crippen molar-refractivity contribution in [3.05, 3.63) is 41.7 Å². The maximum atomic E-state index is 13.3. The Morgan fingerprint density at radius 3 is 2.67 bits per heavy atom. The number of amides is 1. The molecule has 1 heterocycles. The van der Waals surface area contributed by atoms with E-state index < -0.39 is 0 Å². The summed E-state index contributed by atoms with van der Waals surface area (Å²) in [4.78, 5) is 13.3. The predicted molar refractivity (Wildman–Crippen MR) is 115 cm³/mol. The molecule has 30 heavy (non-hydrogen) atoms. The number of carbonyl (C=O) groups excluding carboxylic acids is 1. The molecule has 164 valence electrons. The first-order valence-corrected chi connectivity index (χ1v) is 11.5. The van der Waals surface area contributed by atoms with Gasteiger partial charge in [0.2, 0.25) is 5.91 Å². The fourth-order valence-corrected chi connectivity index (χ4v) is 5.66. The lowest BCUT2D eigenvalue weighted by Crippen LogP contribution is -2.48. The number of carbonyl (C=O) groups is 1. The van der Waals surface area contributed by atoms with Crippen LogP contribution in [0, 0.1) is 5.41 Å². The molecule has 1 amide bonds. The third-order valence-electron chi connectivity index (χ3n) is 7.61. The zero-order chi connectivity index (χ0) is 21.0. The van der Waals surface area contributed by atoms with Crippen LogP contribution in [0.2, 0.25) is 0 Å². The van der Waals surface area contributed by atoms with E-state index in [0.29, 0.717) is 18.3 Å². The molecule has 5 heteroatoms. The lowest BCUT2D eigenvalue weighted by molar-refractivity contribution is -0.133. The zero-order valence-electron chi connectivity index (χ0n) is 18.1. The minimum atomic E-state index is -0.215. The van der Waals surface area contributed by atoms with Crippen molar-refractivity contribution in [3.8, 4) is 5.75 Å². The van der Waals surface area contributed by atoms with Gasteiger partial charge in [-0.2, -0.15) is 0 Å². The van der Waals surface area contributed by atoms with E-state index in [0.717, 1.165) is 70.3 Å². The maximum absolute atomic E-state index is 13.3. The molecule has 0 aromatic heterocycles. The van der Waals surface area contributed by atoms with Gasteiger partial charge in [0.05, 0.1) is 11.7 Å². The Kier molecular flexibility index (Phi) is 6.47. The number of fused-ring (bicyclic) bond motifs is 2. The van der Waals surface area contributed by atoms with Crippen LogP contribution in [0.1, 0.15) is 70.3 Å². The van der Waals surface area contributed by atoms with Gasteiger partial charge in [0.25, 0.3) is 0 Å². The van der Waals surface area contributed by atoms with Crippen molar-refractivity contribution in [1.82, 2.24) is 5.32 Å². The highest BCUT2D eigenvalue weighted by Gasteiger charge is 2.55. The van der Waals surface area contributed by atoms with Crippen LogP contribution >= 0.6 is 0 Å². The molecule has 0 radical (unpaired) electrons. The molecule has 4 rings (SSSR count). The molecule has 1 N–H and O–H groups in total. The first kappa shape index (κ1) is 21.4. The summed E-state index contributed by atoms with van der Waals surface area (Å²) < 4.78 is 23.9. The third-order valence-corrected chi connectivity index (χ3v) is 7.61. The highest BCUT2D eigenvalue weighted by atomic mass is 19.1. The van der Waals surface area contributed by atoms with Gasteiger partial charge in [-0.25, -0.2) is 4.39 Å². The molecule has 2 unspecified atom stereocenters. The molecule has 2 saturated carbocycles. The Labute approximate surface area is 179 Å². The van der Waals surface area contributed by atoms with E-state index in [2.05, 4.69) is 17.4 Å². The lowest BCUT2D eigenvalue weighted by atomic mass is 9.65. The summed E-state index contributed by atoms with van der Waals surface area (Å²) in [5.74, 6) is 1.03. The fourth-order valence-electron chi connectivity index (χ4n) is 5.66. The molecule has 1 aliphatic heterocycles. The largest absolute Gasteiger partial charge is 0.489 e. The first-order chi connectivity index (χ1) is 14.6. The Hall–Kier alpha value is -1.88. The Morgan fingerprint density at radius 2 is 1.97 bits per heavy atom. The average Bonchev–Trinajstić information content (AvgIpc) is 3.07. The van der Waals surface area contributed by atoms with Gasteiger partial charge in [-0.3, -0.25) is 4.79 Å². The van der Waals surface area contributed by atoms with Gasteiger partial charge in [0, 0.05) is 19.3 Å². The van der Waals surface area contributed by atoms with E-state index in [1.54, 1.807) is 0 Å². The van der Waals surface area contributed by atoms with Crippen molar-refractivity contribution < 1.29 is 18.7 Å². The topological polar surface area (TPSA) is 47.6 Å². The summed E-state index contributed by atoms with van der Waals surface area (Å²) in [6.07, 6.45) is 9.36. The van der Waals surface area contributed by atoms with Gasteiger partial charge < -0.3 is 14.8 Å². The number of rotatable bonds is 7. The molecule has 3 fully saturated rings. The van der Waals surface area contributed by atoms with Gasteiger partial charge in [0.1, 0.15) is 12.4 Å². The number of hydrogen-bond donors (Lipinski definition) is 1. The number of hydrogen-bond acceptors (Lipinski definition) is 3. The first-order valence-electron chi connectivity index (χ1n) is 11.5. The molecule has 0 spiro atoms. The second-order valence-corrected chi connectivity index (χ2v) is 9.39. The average molecular weight is 416 g/mol. The normalized spacial score (nSPS) is 29.6. The van der Waals surface area contributed by atoms with Crippen LogP contribution in [0.25, 0.3) is 0 Å². The minimum Gasteiger partial charge on any atom is -0.489 e. The second-order valence-electron chi connectivity index (χ2n) is 9.39. The standard InChI is InChI=1S/C25H34FNO3/c1-2-19(16-26)17-30-22-6-4-20(5-7-22)24-10-3-11-25(18-24,13-12-24)23(28)27-21-8-14-29-15-9-21/h4-7,16,21H,2-3,8-15,17-18H2,1H3,(H,27,28)/b19-16+. The second kappa shape index (κ2) is 9.09. The van der Waals surface area contributed by atoms with Gasteiger partial charge in [-0.1, -0.05) is 25.5 Å². The van der Waals surface area contributed by atoms with Gasteiger partial charge in [-0.05, 0) is 80.1 Å². The SMILES string of the molecule is CC/C(=C\F)COc1ccc(C23CCCC(C(=O)NC4CCOCC4)(CC2)C3)cc1. The maximum Gasteiger partial charge on any atom is 0.226 e. The molecule has 2 aliphatic carbocycles. The van der Waals surface area contributed by atoms with Crippen molar-refractivity contribution in [2.75, 3.05) is 19.8 Å². The Bertz CT molecular complexity index is 771. The zero-order valence-corrected chi connectivity index (χ0v) is 18.1. The summed E-state index contributed by atoms with van der Waals surface area (Å²) in [5, 5.41) is 3.35. The summed E-state index contributed by atoms with van der Waals surface area (Å²) in [5.41, 5.74) is 1.85. The third kappa shape index (κ3) is 4.27. The quantitative estimate of drug-likeness (QED) is 0.664. The van der Waals surface area contributed by atoms with Crippen LogP contribution in [0.3, 0.4) is 0 Å². The van der Waals surface area contributed by atoms with E-state index in [1.807, 2.05) is 19.1 Å².